The molecular formula is C21H15ClN4O2S. The fraction of sp³-hybridized carbons (Fsp3) is 0.0476. The molecule has 0 aliphatic heterocycles. The highest BCUT2D eigenvalue weighted by Crippen LogP contribution is 2.27. The lowest BCUT2D eigenvalue weighted by Gasteiger charge is -2.10. The van der Waals surface area contributed by atoms with E-state index in [2.05, 4.69) is 15.3 Å². The maximum absolute atomic E-state index is 13.0. The first kappa shape index (κ1) is 19.0. The molecule has 4 rings (SSSR count). The van der Waals surface area contributed by atoms with E-state index in [9.17, 15) is 9.59 Å². The number of halogens is 1. The van der Waals surface area contributed by atoms with Gasteiger partial charge in [-0.1, -0.05) is 41.9 Å². The van der Waals surface area contributed by atoms with E-state index in [4.69, 9.17) is 17.3 Å². The molecule has 2 aromatic heterocycles. The van der Waals surface area contributed by atoms with Crippen molar-refractivity contribution < 1.29 is 9.59 Å². The number of pyridine rings is 1. The second-order valence-corrected chi connectivity index (χ2v) is 7.61. The Labute approximate surface area is 175 Å². The molecule has 0 aliphatic rings. The lowest BCUT2D eigenvalue weighted by molar-refractivity contribution is -0.117. The number of carbonyl (C=O) groups is 2. The average Bonchev–Trinajstić information content (AvgIpc) is 3.13. The van der Waals surface area contributed by atoms with Crippen LogP contribution in [0.25, 0.3) is 22.2 Å². The molecular weight excluding hydrogens is 408 g/mol. The predicted octanol–water partition coefficient (Wildman–Crippen LogP) is 4.29. The van der Waals surface area contributed by atoms with Crippen LogP contribution in [0.4, 0.5) is 5.13 Å². The summed E-state index contributed by atoms with van der Waals surface area (Å²) >= 11 is 7.22. The van der Waals surface area contributed by atoms with Crippen LogP contribution in [0, 0.1) is 0 Å². The normalized spacial score (nSPS) is 10.8. The lowest BCUT2D eigenvalue weighted by atomic mass is 10.0. The number of fused-ring (bicyclic) bond motifs is 1. The number of carbonyl (C=O) groups excluding carboxylic acids is 2. The van der Waals surface area contributed by atoms with Gasteiger partial charge in [0.1, 0.15) is 0 Å². The first-order chi connectivity index (χ1) is 14.0. The number of para-hydroxylation sites is 1. The summed E-state index contributed by atoms with van der Waals surface area (Å²) in [7, 11) is 0. The van der Waals surface area contributed by atoms with Gasteiger partial charge in [-0.15, -0.1) is 11.3 Å². The van der Waals surface area contributed by atoms with E-state index in [1.165, 1.54) is 11.3 Å². The number of aromatic nitrogens is 2. The van der Waals surface area contributed by atoms with Crippen molar-refractivity contribution in [3.05, 3.63) is 76.3 Å². The predicted molar refractivity (Wildman–Crippen MR) is 115 cm³/mol. The molecule has 0 fully saturated rings. The summed E-state index contributed by atoms with van der Waals surface area (Å²) in [6.07, 6.45) is 0.0330. The number of thiazole rings is 1. The van der Waals surface area contributed by atoms with Crippen molar-refractivity contribution >= 4 is 50.8 Å². The van der Waals surface area contributed by atoms with E-state index in [1.807, 2.05) is 36.4 Å². The molecule has 2 amide bonds. The number of amides is 2. The third kappa shape index (κ3) is 4.26. The maximum Gasteiger partial charge on any atom is 0.258 e. The largest absolute Gasteiger partial charge is 0.369 e. The number of rotatable bonds is 5. The molecule has 0 bridgehead atoms. The minimum atomic E-state index is -0.471. The van der Waals surface area contributed by atoms with Crippen LogP contribution in [-0.4, -0.2) is 21.8 Å². The van der Waals surface area contributed by atoms with Crippen LogP contribution >= 0.6 is 22.9 Å². The third-order valence-electron chi connectivity index (χ3n) is 4.23. The molecule has 0 spiro atoms. The second-order valence-electron chi connectivity index (χ2n) is 6.32. The Kier molecular flexibility index (Phi) is 5.24. The Morgan fingerprint density at radius 1 is 1.07 bits per heavy atom. The van der Waals surface area contributed by atoms with Crippen LogP contribution in [0.3, 0.4) is 0 Å². The highest BCUT2D eigenvalue weighted by Gasteiger charge is 2.16. The molecule has 144 valence electrons. The minimum absolute atomic E-state index is 0.0330. The summed E-state index contributed by atoms with van der Waals surface area (Å²) in [4.78, 5) is 33.0. The van der Waals surface area contributed by atoms with Gasteiger partial charge < -0.3 is 5.73 Å². The molecule has 29 heavy (non-hydrogen) atoms. The van der Waals surface area contributed by atoms with Gasteiger partial charge in [0.2, 0.25) is 5.91 Å². The van der Waals surface area contributed by atoms with Crippen molar-refractivity contribution in [1.29, 1.82) is 0 Å². The summed E-state index contributed by atoms with van der Waals surface area (Å²) in [5.74, 6) is -0.778. The molecule has 2 aromatic carbocycles. The van der Waals surface area contributed by atoms with Crippen molar-refractivity contribution in [2.24, 2.45) is 5.73 Å². The minimum Gasteiger partial charge on any atom is -0.369 e. The number of hydrogen-bond donors (Lipinski definition) is 2. The van der Waals surface area contributed by atoms with Crippen LogP contribution in [0.15, 0.2) is 60.0 Å². The molecule has 4 aromatic rings. The molecule has 8 heteroatoms. The number of anilines is 1. The SMILES string of the molecule is NC(=O)Cc1csc(NC(=O)c2cc(-c3ccc(Cl)cc3)nc3ccccc23)n1. The summed E-state index contributed by atoms with van der Waals surface area (Å²) in [5.41, 5.74) is 8.43. The Balaban J connectivity index is 1.71. The van der Waals surface area contributed by atoms with Gasteiger partial charge in [0.25, 0.3) is 5.91 Å². The van der Waals surface area contributed by atoms with Crippen molar-refractivity contribution in [3.8, 4) is 11.3 Å². The smallest absolute Gasteiger partial charge is 0.258 e. The van der Waals surface area contributed by atoms with Crippen molar-refractivity contribution in [3.63, 3.8) is 0 Å². The first-order valence-corrected chi connectivity index (χ1v) is 9.95. The standard InChI is InChI=1S/C21H15ClN4O2S/c22-13-7-5-12(6-8-13)18-10-16(15-3-1-2-4-17(15)25-18)20(28)26-21-24-14(11-29-21)9-19(23)27/h1-8,10-11H,9H2,(H2,23,27)(H,24,26,28). The third-order valence-corrected chi connectivity index (χ3v) is 5.29. The maximum atomic E-state index is 13.0. The van der Waals surface area contributed by atoms with E-state index in [1.54, 1.807) is 23.6 Å². The van der Waals surface area contributed by atoms with Crippen LogP contribution in [0.1, 0.15) is 16.1 Å². The van der Waals surface area contributed by atoms with Gasteiger partial charge in [-0.3, -0.25) is 14.9 Å². The number of nitrogens with zero attached hydrogens (tertiary/aromatic N) is 2. The zero-order valence-electron chi connectivity index (χ0n) is 15.1. The Bertz CT molecular complexity index is 1220. The first-order valence-electron chi connectivity index (χ1n) is 8.69. The average molecular weight is 423 g/mol. The number of benzene rings is 2. The molecule has 0 aliphatic carbocycles. The molecule has 0 saturated heterocycles. The Morgan fingerprint density at radius 2 is 1.83 bits per heavy atom. The summed E-state index contributed by atoms with van der Waals surface area (Å²) < 4.78 is 0. The highest BCUT2D eigenvalue weighted by atomic mass is 35.5. The Morgan fingerprint density at radius 3 is 2.59 bits per heavy atom. The van der Waals surface area contributed by atoms with Gasteiger partial charge in [-0.25, -0.2) is 9.97 Å². The fourth-order valence-electron chi connectivity index (χ4n) is 2.92. The zero-order valence-corrected chi connectivity index (χ0v) is 16.6. The molecule has 2 heterocycles. The van der Waals surface area contributed by atoms with E-state index in [0.29, 0.717) is 32.6 Å². The van der Waals surface area contributed by atoms with Crippen LogP contribution in [0.2, 0.25) is 5.02 Å². The van der Waals surface area contributed by atoms with E-state index >= 15 is 0 Å². The fourth-order valence-corrected chi connectivity index (χ4v) is 3.75. The highest BCUT2D eigenvalue weighted by molar-refractivity contribution is 7.14. The quantitative estimate of drug-likeness (QED) is 0.501. The Hall–Kier alpha value is -3.29. The molecule has 0 radical (unpaired) electrons. The van der Waals surface area contributed by atoms with Crippen LogP contribution in [0.5, 0.6) is 0 Å². The molecule has 0 saturated carbocycles. The number of hydrogen-bond acceptors (Lipinski definition) is 5. The number of nitrogens with two attached hydrogens (primary N) is 1. The lowest BCUT2D eigenvalue weighted by Crippen LogP contribution is -2.15. The topological polar surface area (TPSA) is 98.0 Å². The summed E-state index contributed by atoms with van der Waals surface area (Å²) in [6.45, 7) is 0. The number of primary amides is 1. The van der Waals surface area contributed by atoms with E-state index in [-0.39, 0.29) is 12.3 Å². The van der Waals surface area contributed by atoms with Gasteiger partial charge in [-0.05, 0) is 24.3 Å². The number of nitrogens with one attached hydrogen (secondary N) is 1. The van der Waals surface area contributed by atoms with Crippen LogP contribution in [-0.2, 0) is 11.2 Å². The van der Waals surface area contributed by atoms with Crippen molar-refractivity contribution in [2.45, 2.75) is 6.42 Å². The van der Waals surface area contributed by atoms with Crippen molar-refractivity contribution in [2.75, 3.05) is 5.32 Å². The van der Waals surface area contributed by atoms with Gasteiger partial charge in [0.15, 0.2) is 5.13 Å². The van der Waals surface area contributed by atoms with E-state index in [0.717, 1.165) is 10.9 Å². The van der Waals surface area contributed by atoms with Crippen LogP contribution < -0.4 is 11.1 Å². The molecule has 6 nitrogen and oxygen atoms in total. The summed E-state index contributed by atoms with van der Waals surface area (Å²) in [5, 5.41) is 6.26. The van der Waals surface area contributed by atoms with Gasteiger partial charge in [0, 0.05) is 21.4 Å². The van der Waals surface area contributed by atoms with Crippen molar-refractivity contribution in [1.82, 2.24) is 9.97 Å². The summed E-state index contributed by atoms with van der Waals surface area (Å²) in [6, 6.07) is 16.5. The monoisotopic (exact) mass is 422 g/mol. The zero-order chi connectivity index (χ0) is 20.4. The molecule has 0 atom stereocenters. The molecule has 3 N–H and O–H groups in total. The second kappa shape index (κ2) is 7.98. The van der Waals surface area contributed by atoms with E-state index < -0.39 is 5.91 Å². The van der Waals surface area contributed by atoms with Gasteiger partial charge in [0.05, 0.1) is 28.9 Å². The van der Waals surface area contributed by atoms with Gasteiger partial charge in [-0.2, -0.15) is 0 Å². The molecule has 0 unspecified atom stereocenters. The van der Waals surface area contributed by atoms with Gasteiger partial charge >= 0.3 is 0 Å².